The maximum Gasteiger partial charge on any atom is 0.233 e. The molecule has 0 saturated heterocycles. The lowest BCUT2D eigenvalue weighted by Crippen LogP contribution is -2.23. The molecule has 4 rings (SSSR count). The number of aromatic nitrogens is 5. The van der Waals surface area contributed by atoms with E-state index in [0.717, 1.165) is 22.2 Å². The molecule has 0 N–H and O–H groups in total. The van der Waals surface area contributed by atoms with Crippen molar-refractivity contribution in [3.63, 3.8) is 0 Å². The fourth-order valence-corrected chi connectivity index (χ4v) is 2.77. The van der Waals surface area contributed by atoms with Crippen molar-refractivity contribution in [2.24, 2.45) is 0 Å². The molecule has 1 aromatic carbocycles. The number of ether oxygens (including phenoxy) is 1. The zero-order chi connectivity index (χ0) is 18.1. The average Bonchev–Trinajstić information content (AvgIpc) is 3.08. The molecule has 0 aliphatic heterocycles. The SMILES string of the molecule is CC(C)(C)n1ncc2c(Oc3cncc(-c4ccccc4)c3)ncnc21. The quantitative estimate of drug-likeness (QED) is 0.549. The first-order valence-corrected chi connectivity index (χ1v) is 8.40. The number of fused-ring (bicyclic) bond motifs is 1. The third-order valence-corrected chi connectivity index (χ3v) is 4.00. The van der Waals surface area contributed by atoms with E-state index in [1.165, 1.54) is 6.33 Å². The molecule has 0 unspecified atom stereocenters. The number of hydrogen-bond donors (Lipinski definition) is 0. The van der Waals surface area contributed by atoms with Gasteiger partial charge in [-0.3, -0.25) is 4.98 Å². The Balaban J connectivity index is 1.71. The zero-order valence-corrected chi connectivity index (χ0v) is 14.9. The van der Waals surface area contributed by atoms with Gasteiger partial charge >= 0.3 is 0 Å². The highest BCUT2D eigenvalue weighted by Gasteiger charge is 2.20. The smallest absolute Gasteiger partial charge is 0.233 e. The van der Waals surface area contributed by atoms with Gasteiger partial charge in [-0.15, -0.1) is 0 Å². The van der Waals surface area contributed by atoms with Crippen molar-refractivity contribution in [3.8, 4) is 22.8 Å². The van der Waals surface area contributed by atoms with Gasteiger partial charge in [0.1, 0.15) is 17.5 Å². The van der Waals surface area contributed by atoms with Gasteiger partial charge in [-0.1, -0.05) is 30.3 Å². The van der Waals surface area contributed by atoms with Crippen LogP contribution in [0, 0.1) is 0 Å². The lowest BCUT2D eigenvalue weighted by atomic mass is 10.1. The Bertz CT molecular complexity index is 1050. The maximum absolute atomic E-state index is 6.01. The molecule has 3 aromatic heterocycles. The minimum Gasteiger partial charge on any atom is -0.436 e. The Labute approximate surface area is 151 Å². The van der Waals surface area contributed by atoms with Gasteiger partial charge in [-0.2, -0.15) is 5.10 Å². The summed E-state index contributed by atoms with van der Waals surface area (Å²) < 4.78 is 7.88. The molecule has 0 spiro atoms. The van der Waals surface area contributed by atoms with Gasteiger partial charge in [0.2, 0.25) is 5.88 Å². The summed E-state index contributed by atoms with van der Waals surface area (Å²) in [6.45, 7) is 6.24. The van der Waals surface area contributed by atoms with E-state index in [1.807, 2.05) is 47.3 Å². The molecular formula is C20H19N5O. The van der Waals surface area contributed by atoms with Gasteiger partial charge in [-0.05, 0) is 32.4 Å². The highest BCUT2D eigenvalue weighted by molar-refractivity contribution is 5.80. The average molecular weight is 345 g/mol. The predicted molar refractivity (Wildman–Crippen MR) is 100 cm³/mol. The number of nitrogens with zero attached hydrogens (tertiary/aromatic N) is 5. The Morgan fingerprint density at radius 1 is 0.923 bits per heavy atom. The molecule has 0 atom stereocenters. The summed E-state index contributed by atoms with van der Waals surface area (Å²) >= 11 is 0. The topological polar surface area (TPSA) is 65.7 Å². The standard InChI is InChI=1S/C20H19N5O/c1-20(2,3)25-18-17(12-24-25)19(23-13-22-18)26-16-9-15(10-21-11-16)14-7-5-4-6-8-14/h4-13H,1-3H3. The van der Waals surface area contributed by atoms with Crippen molar-refractivity contribution in [2.75, 3.05) is 0 Å². The van der Waals surface area contributed by atoms with E-state index < -0.39 is 0 Å². The highest BCUT2D eigenvalue weighted by Crippen LogP contribution is 2.30. The molecule has 0 amide bonds. The van der Waals surface area contributed by atoms with Crippen LogP contribution in [0.3, 0.4) is 0 Å². The summed E-state index contributed by atoms with van der Waals surface area (Å²) in [7, 11) is 0. The number of hydrogen-bond acceptors (Lipinski definition) is 5. The van der Waals surface area contributed by atoms with Crippen molar-refractivity contribution < 1.29 is 4.74 Å². The van der Waals surface area contributed by atoms with Crippen molar-refractivity contribution in [2.45, 2.75) is 26.3 Å². The molecular weight excluding hydrogens is 326 g/mol. The van der Waals surface area contributed by atoms with Crippen molar-refractivity contribution in [3.05, 3.63) is 61.3 Å². The van der Waals surface area contributed by atoms with Crippen LogP contribution in [0.15, 0.2) is 61.3 Å². The van der Waals surface area contributed by atoms with Gasteiger partial charge in [-0.25, -0.2) is 14.6 Å². The minimum absolute atomic E-state index is 0.178. The van der Waals surface area contributed by atoms with Gasteiger partial charge in [0.05, 0.1) is 17.9 Å². The normalized spacial score (nSPS) is 11.7. The lowest BCUT2D eigenvalue weighted by molar-refractivity contribution is 0.365. The second kappa shape index (κ2) is 6.22. The first kappa shape index (κ1) is 16.2. The monoisotopic (exact) mass is 345 g/mol. The predicted octanol–water partition coefficient (Wildman–Crippen LogP) is 4.44. The summed E-state index contributed by atoms with van der Waals surface area (Å²) in [6.07, 6.45) is 6.73. The molecule has 0 aliphatic rings. The molecule has 0 fully saturated rings. The first-order chi connectivity index (χ1) is 12.5. The van der Waals surface area contributed by atoms with Crippen LogP contribution in [-0.2, 0) is 5.54 Å². The number of pyridine rings is 1. The summed E-state index contributed by atoms with van der Waals surface area (Å²) in [6, 6.07) is 12.0. The molecule has 6 nitrogen and oxygen atoms in total. The van der Waals surface area contributed by atoms with Crippen LogP contribution in [0.4, 0.5) is 0 Å². The van der Waals surface area contributed by atoms with Crippen LogP contribution < -0.4 is 4.74 Å². The molecule has 4 aromatic rings. The maximum atomic E-state index is 6.01. The summed E-state index contributed by atoms with van der Waals surface area (Å²) in [5.41, 5.74) is 2.63. The molecule has 130 valence electrons. The molecule has 3 heterocycles. The Morgan fingerprint density at radius 2 is 1.73 bits per heavy atom. The fourth-order valence-electron chi connectivity index (χ4n) is 2.77. The van der Waals surface area contributed by atoms with Crippen LogP contribution in [0.25, 0.3) is 22.2 Å². The van der Waals surface area contributed by atoms with E-state index in [0.29, 0.717) is 11.6 Å². The van der Waals surface area contributed by atoms with Crippen LogP contribution in [0.1, 0.15) is 20.8 Å². The first-order valence-electron chi connectivity index (χ1n) is 8.40. The third-order valence-electron chi connectivity index (χ3n) is 4.00. The van der Waals surface area contributed by atoms with Crippen molar-refractivity contribution in [1.82, 2.24) is 24.7 Å². The van der Waals surface area contributed by atoms with E-state index >= 15 is 0 Å². The van der Waals surface area contributed by atoms with Crippen LogP contribution in [-0.4, -0.2) is 24.7 Å². The van der Waals surface area contributed by atoms with E-state index in [1.54, 1.807) is 12.4 Å². The van der Waals surface area contributed by atoms with Crippen molar-refractivity contribution in [1.29, 1.82) is 0 Å². The fraction of sp³-hybridized carbons (Fsp3) is 0.200. The Hall–Kier alpha value is -3.28. The summed E-state index contributed by atoms with van der Waals surface area (Å²) in [5, 5.41) is 5.22. The van der Waals surface area contributed by atoms with E-state index in [4.69, 9.17) is 4.74 Å². The second-order valence-electron chi connectivity index (χ2n) is 7.02. The van der Waals surface area contributed by atoms with Crippen LogP contribution in [0.2, 0.25) is 0 Å². The molecule has 0 bridgehead atoms. The molecule has 0 aliphatic carbocycles. The number of rotatable bonds is 3. The second-order valence-corrected chi connectivity index (χ2v) is 7.02. The number of benzene rings is 1. The van der Waals surface area contributed by atoms with E-state index in [2.05, 4.69) is 40.8 Å². The van der Waals surface area contributed by atoms with Crippen LogP contribution in [0.5, 0.6) is 11.6 Å². The third kappa shape index (κ3) is 3.01. The zero-order valence-electron chi connectivity index (χ0n) is 14.9. The summed E-state index contributed by atoms with van der Waals surface area (Å²) in [4.78, 5) is 12.9. The Kier molecular flexibility index (Phi) is 3.88. The van der Waals surface area contributed by atoms with Gasteiger partial charge < -0.3 is 4.74 Å². The molecule has 6 heteroatoms. The summed E-state index contributed by atoms with van der Waals surface area (Å²) in [5.74, 6) is 1.09. The van der Waals surface area contributed by atoms with E-state index in [9.17, 15) is 0 Å². The van der Waals surface area contributed by atoms with Crippen molar-refractivity contribution >= 4 is 11.0 Å². The molecule has 26 heavy (non-hydrogen) atoms. The van der Waals surface area contributed by atoms with Crippen LogP contribution >= 0.6 is 0 Å². The Morgan fingerprint density at radius 3 is 2.50 bits per heavy atom. The minimum atomic E-state index is -0.178. The van der Waals surface area contributed by atoms with Gasteiger partial charge in [0.25, 0.3) is 0 Å². The molecule has 0 radical (unpaired) electrons. The molecule has 0 saturated carbocycles. The van der Waals surface area contributed by atoms with Gasteiger partial charge in [0, 0.05) is 11.8 Å². The highest BCUT2D eigenvalue weighted by atomic mass is 16.5. The van der Waals surface area contributed by atoms with Gasteiger partial charge in [0.15, 0.2) is 5.65 Å². The lowest BCUT2D eigenvalue weighted by Gasteiger charge is -2.19. The van der Waals surface area contributed by atoms with E-state index in [-0.39, 0.29) is 5.54 Å². The largest absolute Gasteiger partial charge is 0.436 e.